The molecule has 10 heteroatoms. The normalized spacial score (nSPS) is 17.1. The molecule has 2 aromatic carbocycles. The van der Waals surface area contributed by atoms with Crippen molar-refractivity contribution in [1.29, 1.82) is 0 Å². The number of non-ortho nitro benzene ring substituents is 1. The Bertz CT molecular complexity index is 1210. The van der Waals surface area contributed by atoms with E-state index in [4.69, 9.17) is 4.98 Å². The number of hydrogen-bond acceptors (Lipinski definition) is 7. The third kappa shape index (κ3) is 4.08. The van der Waals surface area contributed by atoms with Crippen molar-refractivity contribution < 1.29 is 13.3 Å². The summed E-state index contributed by atoms with van der Waals surface area (Å²) in [4.78, 5) is 17.7. The van der Waals surface area contributed by atoms with E-state index in [1.165, 1.54) is 16.4 Å². The van der Waals surface area contributed by atoms with Crippen LogP contribution < -0.4 is 0 Å². The van der Waals surface area contributed by atoms with Crippen LogP contribution >= 0.6 is 11.3 Å². The number of nitro groups is 1. The number of rotatable bonds is 5. The number of aromatic nitrogens is 1. The van der Waals surface area contributed by atoms with Crippen LogP contribution in [0.1, 0.15) is 29.1 Å². The van der Waals surface area contributed by atoms with Crippen molar-refractivity contribution >= 4 is 37.3 Å². The SMILES string of the molecule is Cc1cc([N+](=O)[O-])cc(S(=O)(=O)N2CCN(C(C)c3nc4ccccc4s3)CC2)c1C. The number of sulfonamides is 1. The number of aryl methyl sites for hydroxylation is 1. The number of piperazine rings is 1. The van der Waals surface area contributed by atoms with E-state index in [0.29, 0.717) is 37.3 Å². The molecule has 0 spiro atoms. The lowest BCUT2D eigenvalue weighted by Crippen LogP contribution is -2.49. The second kappa shape index (κ2) is 8.27. The average Bonchev–Trinajstić information content (AvgIpc) is 3.19. The molecule has 0 radical (unpaired) electrons. The topological polar surface area (TPSA) is 96.6 Å². The Morgan fingerprint density at radius 3 is 2.45 bits per heavy atom. The predicted molar refractivity (Wildman–Crippen MR) is 121 cm³/mol. The molecule has 1 fully saturated rings. The quantitative estimate of drug-likeness (QED) is 0.423. The van der Waals surface area contributed by atoms with Gasteiger partial charge in [0.25, 0.3) is 5.69 Å². The molecule has 0 N–H and O–H groups in total. The van der Waals surface area contributed by atoms with Gasteiger partial charge in [0.05, 0.1) is 26.1 Å². The summed E-state index contributed by atoms with van der Waals surface area (Å²) in [6.07, 6.45) is 0. The molecule has 1 saturated heterocycles. The van der Waals surface area contributed by atoms with Crippen molar-refractivity contribution in [3.05, 3.63) is 62.6 Å². The first-order valence-electron chi connectivity index (χ1n) is 10.0. The van der Waals surface area contributed by atoms with Crippen LogP contribution in [0.2, 0.25) is 0 Å². The zero-order chi connectivity index (χ0) is 22.3. The minimum absolute atomic E-state index is 0.0203. The summed E-state index contributed by atoms with van der Waals surface area (Å²) in [5, 5.41) is 12.2. The minimum Gasteiger partial charge on any atom is -0.292 e. The molecule has 1 aliphatic rings. The van der Waals surface area contributed by atoms with Crippen LogP contribution in [-0.4, -0.2) is 53.7 Å². The van der Waals surface area contributed by atoms with Gasteiger partial charge in [-0.1, -0.05) is 12.1 Å². The molecular formula is C21H24N4O4S2. The molecule has 31 heavy (non-hydrogen) atoms. The maximum Gasteiger partial charge on any atom is 0.271 e. The Morgan fingerprint density at radius 1 is 1.13 bits per heavy atom. The highest BCUT2D eigenvalue weighted by Crippen LogP contribution is 2.32. The fourth-order valence-electron chi connectivity index (χ4n) is 3.88. The van der Waals surface area contributed by atoms with Crippen LogP contribution in [0.15, 0.2) is 41.3 Å². The van der Waals surface area contributed by atoms with E-state index < -0.39 is 14.9 Å². The second-order valence-corrected chi connectivity index (χ2v) is 10.7. The molecule has 3 aromatic rings. The Kier molecular flexibility index (Phi) is 5.82. The van der Waals surface area contributed by atoms with Crippen LogP contribution in [-0.2, 0) is 10.0 Å². The first-order valence-corrected chi connectivity index (χ1v) is 12.3. The van der Waals surface area contributed by atoms with Gasteiger partial charge in [0.1, 0.15) is 5.01 Å². The van der Waals surface area contributed by atoms with Crippen molar-refractivity contribution in [1.82, 2.24) is 14.2 Å². The molecule has 8 nitrogen and oxygen atoms in total. The fourth-order valence-corrected chi connectivity index (χ4v) is 6.67. The fraction of sp³-hybridized carbons (Fsp3) is 0.381. The number of thiazole rings is 1. The summed E-state index contributed by atoms with van der Waals surface area (Å²) < 4.78 is 29.1. The third-order valence-corrected chi connectivity index (χ3v) is 9.15. The monoisotopic (exact) mass is 460 g/mol. The van der Waals surface area contributed by atoms with Gasteiger partial charge in [0, 0.05) is 38.3 Å². The van der Waals surface area contributed by atoms with Gasteiger partial charge in [-0.2, -0.15) is 4.31 Å². The van der Waals surface area contributed by atoms with Crippen molar-refractivity contribution in [2.75, 3.05) is 26.2 Å². The second-order valence-electron chi connectivity index (χ2n) is 7.78. The van der Waals surface area contributed by atoms with E-state index in [0.717, 1.165) is 15.2 Å². The summed E-state index contributed by atoms with van der Waals surface area (Å²) in [6.45, 7) is 7.29. The number of hydrogen-bond donors (Lipinski definition) is 0. The number of nitro benzene ring substituents is 1. The van der Waals surface area contributed by atoms with Crippen LogP contribution in [0.5, 0.6) is 0 Å². The van der Waals surface area contributed by atoms with Gasteiger partial charge in [-0.25, -0.2) is 13.4 Å². The largest absolute Gasteiger partial charge is 0.292 e. The van der Waals surface area contributed by atoms with E-state index in [9.17, 15) is 18.5 Å². The molecule has 1 unspecified atom stereocenters. The summed E-state index contributed by atoms with van der Waals surface area (Å²) in [6, 6.07) is 10.7. The zero-order valence-electron chi connectivity index (χ0n) is 17.6. The van der Waals surface area contributed by atoms with E-state index in [2.05, 4.69) is 17.9 Å². The summed E-state index contributed by atoms with van der Waals surface area (Å²) in [5.74, 6) is 0. The summed E-state index contributed by atoms with van der Waals surface area (Å²) in [7, 11) is -3.82. The van der Waals surface area contributed by atoms with E-state index in [-0.39, 0.29) is 16.6 Å². The highest BCUT2D eigenvalue weighted by atomic mass is 32.2. The third-order valence-electron chi connectivity index (χ3n) is 5.92. The molecule has 2 heterocycles. The molecule has 0 saturated carbocycles. The van der Waals surface area contributed by atoms with E-state index in [1.54, 1.807) is 25.2 Å². The van der Waals surface area contributed by atoms with Gasteiger partial charge in [-0.05, 0) is 44.0 Å². The van der Waals surface area contributed by atoms with Crippen molar-refractivity contribution in [3.8, 4) is 0 Å². The maximum absolute atomic E-state index is 13.3. The van der Waals surface area contributed by atoms with Gasteiger partial charge in [0.2, 0.25) is 10.0 Å². The smallest absolute Gasteiger partial charge is 0.271 e. The molecule has 1 aromatic heterocycles. The number of fused-ring (bicyclic) bond motifs is 1. The van der Waals surface area contributed by atoms with Gasteiger partial charge < -0.3 is 0 Å². The van der Waals surface area contributed by atoms with Gasteiger partial charge >= 0.3 is 0 Å². The Hall–Kier alpha value is -2.40. The highest BCUT2D eigenvalue weighted by molar-refractivity contribution is 7.89. The summed E-state index contributed by atoms with van der Waals surface area (Å²) in [5.41, 5.74) is 1.92. The minimum atomic E-state index is -3.82. The number of nitrogens with zero attached hydrogens (tertiary/aromatic N) is 4. The summed E-state index contributed by atoms with van der Waals surface area (Å²) >= 11 is 1.66. The lowest BCUT2D eigenvalue weighted by molar-refractivity contribution is -0.385. The molecular weight excluding hydrogens is 436 g/mol. The Morgan fingerprint density at radius 2 is 1.81 bits per heavy atom. The van der Waals surface area contributed by atoms with Gasteiger partial charge in [0.15, 0.2) is 0 Å². The van der Waals surface area contributed by atoms with E-state index in [1.807, 2.05) is 18.2 Å². The lowest BCUT2D eigenvalue weighted by atomic mass is 10.1. The van der Waals surface area contributed by atoms with Crippen molar-refractivity contribution in [2.45, 2.75) is 31.7 Å². The standard InChI is InChI=1S/C21H24N4O4S2/c1-14-12-17(25(26)27)13-20(15(14)2)31(28,29)24-10-8-23(9-11-24)16(3)21-22-18-6-4-5-7-19(18)30-21/h4-7,12-13,16H,8-11H2,1-3H3. The van der Waals surface area contributed by atoms with Gasteiger partial charge in [-0.3, -0.25) is 15.0 Å². The zero-order valence-corrected chi connectivity index (χ0v) is 19.2. The maximum atomic E-state index is 13.3. The van der Waals surface area contributed by atoms with Crippen LogP contribution in [0, 0.1) is 24.0 Å². The first-order chi connectivity index (χ1) is 14.7. The lowest BCUT2D eigenvalue weighted by Gasteiger charge is -2.36. The number of benzene rings is 2. The molecule has 0 amide bonds. The predicted octanol–water partition coefficient (Wildman–Crippen LogP) is 3.89. The molecule has 1 aliphatic heterocycles. The Labute approximate surface area is 185 Å². The van der Waals surface area contributed by atoms with E-state index >= 15 is 0 Å². The van der Waals surface area contributed by atoms with Crippen molar-refractivity contribution in [2.24, 2.45) is 0 Å². The van der Waals surface area contributed by atoms with Crippen LogP contribution in [0.25, 0.3) is 10.2 Å². The first kappa shape index (κ1) is 21.8. The van der Waals surface area contributed by atoms with Crippen molar-refractivity contribution in [3.63, 3.8) is 0 Å². The molecule has 1 atom stereocenters. The highest BCUT2D eigenvalue weighted by Gasteiger charge is 2.33. The van der Waals surface area contributed by atoms with Crippen LogP contribution in [0.3, 0.4) is 0 Å². The number of para-hydroxylation sites is 1. The molecule has 4 rings (SSSR count). The molecule has 0 bridgehead atoms. The molecule has 0 aliphatic carbocycles. The molecule has 164 valence electrons. The van der Waals surface area contributed by atoms with Crippen LogP contribution in [0.4, 0.5) is 5.69 Å². The Balaban J connectivity index is 1.52. The van der Waals surface area contributed by atoms with Gasteiger partial charge in [-0.15, -0.1) is 11.3 Å². The average molecular weight is 461 g/mol.